The van der Waals surface area contributed by atoms with Crippen molar-refractivity contribution in [2.24, 2.45) is 0 Å². The molecule has 0 spiro atoms. The highest BCUT2D eigenvalue weighted by Crippen LogP contribution is 2.34. The number of nitrogens with zero attached hydrogens (tertiary/aromatic N) is 1. The lowest BCUT2D eigenvalue weighted by atomic mass is 10.2. The minimum absolute atomic E-state index is 0.0805. The molecule has 0 fully saturated rings. The Labute approximate surface area is 154 Å². The van der Waals surface area contributed by atoms with Gasteiger partial charge in [-0.3, -0.25) is 4.79 Å². The number of hydrogen-bond acceptors (Lipinski definition) is 4. The molecule has 1 aromatic heterocycles. The molecule has 1 N–H and O–H groups in total. The number of amides is 1. The quantitative estimate of drug-likeness (QED) is 0.569. The van der Waals surface area contributed by atoms with Gasteiger partial charge in [-0.1, -0.05) is 35.5 Å². The normalized spacial score (nSPS) is 11.7. The Kier molecular flexibility index (Phi) is 5.21. The van der Waals surface area contributed by atoms with Crippen molar-refractivity contribution in [2.45, 2.75) is 10.5 Å². The summed E-state index contributed by atoms with van der Waals surface area (Å²) >= 11 is 8.55. The van der Waals surface area contributed by atoms with Gasteiger partial charge in [-0.2, -0.15) is 13.2 Å². The van der Waals surface area contributed by atoms with Crippen LogP contribution in [0.15, 0.2) is 46.8 Å². The second kappa shape index (κ2) is 7.23. The van der Waals surface area contributed by atoms with Gasteiger partial charge in [0.05, 0.1) is 32.2 Å². The van der Waals surface area contributed by atoms with E-state index >= 15 is 0 Å². The van der Waals surface area contributed by atoms with Crippen molar-refractivity contribution < 1.29 is 18.0 Å². The van der Waals surface area contributed by atoms with Crippen LogP contribution in [0, 0.1) is 0 Å². The van der Waals surface area contributed by atoms with E-state index in [1.54, 1.807) is 0 Å². The van der Waals surface area contributed by atoms with E-state index in [1.165, 1.54) is 23.1 Å². The zero-order valence-electron chi connectivity index (χ0n) is 12.4. The van der Waals surface area contributed by atoms with Gasteiger partial charge in [0.2, 0.25) is 5.91 Å². The molecule has 130 valence electrons. The molecule has 0 bridgehead atoms. The summed E-state index contributed by atoms with van der Waals surface area (Å²) < 4.78 is 39.6. The molecule has 9 heteroatoms. The first-order chi connectivity index (χ1) is 11.8. The Morgan fingerprint density at radius 3 is 2.68 bits per heavy atom. The van der Waals surface area contributed by atoms with Gasteiger partial charge >= 0.3 is 6.18 Å². The summed E-state index contributed by atoms with van der Waals surface area (Å²) in [5, 5.41) is 2.35. The van der Waals surface area contributed by atoms with Gasteiger partial charge in [-0.25, -0.2) is 4.98 Å². The van der Waals surface area contributed by atoms with Gasteiger partial charge in [-0.05, 0) is 30.3 Å². The summed E-state index contributed by atoms with van der Waals surface area (Å²) in [5.41, 5.74) is 0.144. The van der Waals surface area contributed by atoms with E-state index in [2.05, 4.69) is 10.3 Å². The van der Waals surface area contributed by atoms with Crippen molar-refractivity contribution in [2.75, 3.05) is 11.1 Å². The molecule has 0 atom stereocenters. The summed E-state index contributed by atoms with van der Waals surface area (Å²) in [6.07, 6.45) is -4.48. The first-order valence-electron chi connectivity index (χ1n) is 6.98. The zero-order chi connectivity index (χ0) is 18.0. The van der Waals surface area contributed by atoms with Crippen LogP contribution in [0.4, 0.5) is 18.9 Å². The number of thiazole rings is 1. The number of hydrogen-bond donors (Lipinski definition) is 1. The molecular formula is C16H10ClF3N2OS2. The van der Waals surface area contributed by atoms with E-state index in [1.807, 2.05) is 24.3 Å². The van der Waals surface area contributed by atoms with Crippen molar-refractivity contribution in [3.63, 3.8) is 0 Å². The lowest BCUT2D eigenvalue weighted by molar-refractivity contribution is -0.137. The zero-order valence-corrected chi connectivity index (χ0v) is 14.8. The van der Waals surface area contributed by atoms with Gasteiger partial charge < -0.3 is 5.32 Å². The Hall–Kier alpha value is -1.77. The maximum Gasteiger partial charge on any atom is 0.416 e. The number of carbonyl (C=O) groups excluding carboxylic acids is 1. The highest BCUT2D eigenvalue weighted by molar-refractivity contribution is 8.01. The van der Waals surface area contributed by atoms with E-state index in [4.69, 9.17) is 11.6 Å². The predicted molar refractivity (Wildman–Crippen MR) is 95.4 cm³/mol. The highest BCUT2D eigenvalue weighted by atomic mass is 35.5. The van der Waals surface area contributed by atoms with E-state index in [0.717, 1.165) is 32.8 Å². The average molecular weight is 403 g/mol. The Balaban J connectivity index is 1.62. The molecule has 25 heavy (non-hydrogen) atoms. The maximum absolute atomic E-state index is 12.6. The van der Waals surface area contributed by atoms with Crippen molar-refractivity contribution in [3.8, 4) is 0 Å². The van der Waals surface area contributed by atoms with Crippen LogP contribution >= 0.6 is 34.7 Å². The number of fused-ring (bicyclic) bond motifs is 1. The van der Waals surface area contributed by atoms with Crippen LogP contribution < -0.4 is 5.32 Å². The third kappa shape index (κ3) is 4.45. The Morgan fingerprint density at radius 2 is 2.00 bits per heavy atom. The van der Waals surface area contributed by atoms with Gasteiger partial charge in [0.1, 0.15) is 0 Å². The fraction of sp³-hybridized carbons (Fsp3) is 0.125. The molecule has 0 aliphatic heterocycles. The standard InChI is InChI=1S/C16H10ClF3N2OS2/c17-10-7-9(16(18,19)20)5-6-11(10)21-14(23)8-24-15-22-12-3-1-2-4-13(12)25-15/h1-7H,8H2,(H,21,23). The van der Waals surface area contributed by atoms with Crippen molar-refractivity contribution in [3.05, 3.63) is 53.1 Å². The summed E-state index contributed by atoms with van der Waals surface area (Å²) in [5.74, 6) is -0.289. The summed E-state index contributed by atoms with van der Waals surface area (Å²) in [6, 6.07) is 10.4. The highest BCUT2D eigenvalue weighted by Gasteiger charge is 2.31. The fourth-order valence-electron chi connectivity index (χ4n) is 2.02. The molecule has 3 rings (SSSR count). The molecule has 0 saturated heterocycles. The second-order valence-electron chi connectivity index (χ2n) is 4.98. The number of carbonyl (C=O) groups is 1. The smallest absolute Gasteiger partial charge is 0.324 e. The lowest BCUT2D eigenvalue weighted by Crippen LogP contribution is -2.14. The number of benzene rings is 2. The van der Waals surface area contributed by atoms with E-state index in [-0.39, 0.29) is 22.4 Å². The summed E-state index contributed by atoms with van der Waals surface area (Å²) in [7, 11) is 0. The first-order valence-corrected chi connectivity index (χ1v) is 9.16. The molecule has 0 aliphatic rings. The molecule has 0 unspecified atom stereocenters. The van der Waals surface area contributed by atoms with E-state index in [0.29, 0.717) is 0 Å². The minimum Gasteiger partial charge on any atom is -0.324 e. The van der Waals surface area contributed by atoms with Crippen LogP contribution in [0.3, 0.4) is 0 Å². The van der Waals surface area contributed by atoms with Crippen LogP contribution in [-0.2, 0) is 11.0 Å². The van der Waals surface area contributed by atoms with Crippen molar-refractivity contribution >= 4 is 56.5 Å². The molecule has 0 radical (unpaired) electrons. The Morgan fingerprint density at radius 1 is 1.24 bits per heavy atom. The molecule has 1 amide bonds. The van der Waals surface area contributed by atoms with Crippen molar-refractivity contribution in [1.29, 1.82) is 0 Å². The third-order valence-corrected chi connectivity index (χ3v) is 5.66. The van der Waals surface area contributed by atoms with E-state index in [9.17, 15) is 18.0 Å². The Bertz CT molecular complexity index is 894. The van der Waals surface area contributed by atoms with E-state index < -0.39 is 11.7 Å². The van der Waals surface area contributed by atoms with Crippen molar-refractivity contribution in [1.82, 2.24) is 4.98 Å². The number of nitrogens with one attached hydrogen (secondary N) is 1. The number of rotatable bonds is 4. The van der Waals surface area contributed by atoms with Gasteiger partial charge in [0.15, 0.2) is 4.34 Å². The third-order valence-electron chi connectivity index (χ3n) is 3.17. The fourth-order valence-corrected chi connectivity index (χ4v) is 4.12. The summed E-state index contributed by atoms with van der Waals surface area (Å²) in [6.45, 7) is 0. The topological polar surface area (TPSA) is 42.0 Å². The molecule has 2 aromatic carbocycles. The lowest BCUT2D eigenvalue weighted by Gasteiger charge is -2.10. The molecular weight excluding hydrogens is 393 g/mol. The van der Waals surface area contributed by atoms with Crippen LogP contribution in [0.25, 0.3) is 10.2 Å². The number of para-hydroxylation sites is 1. The number of halogens is 4. The molecule has 3 aromatic rings. The van der Waals surface area contributed by atoms with Crippen LogP contribution in [-0.4, -0.2) is 16.6 Å². The van der Waals surface area contributed by atoms with Gasteiger partial charge in [-0.15, -0.1) is 11.3 Å². The maximum atomic E-state index is 12.6. The number of thioether (sulfide) groups is 1. The monoisotopic (exact) mass is 402 g/mol. The molecule has 0 saturated carbocycles. The van der Waals surface area contributed by atoms with Crippen LogP contribution in [0.5, 0.6) is 0 Å². The molecule has 1 heterocycles. The number of aromatic nitrogens is 1. The molecule has 0 aliphatic carbocycles. The average Bonchev–Trinajstić information content (AvgIpc) is 2.97. The predicted octanol–water partition coefficient (Wildman–Crippen LogP) is 5.70. The number of anilines is 1. The van der Waals surface area contributed by atoms with Crippen LogP contribution in [0.1, 0.15) is 5.56 Å². The first kappa shape index (κ1) is 18.0. The second-order valence-corrected chi connectivity index (χ2v) is 7.64. The van der Waals surface area contributed by atoms with Crippen LogP contribution in [0.2, 0.25) is 5.02 Å². The largest absolute Gasteiger partial charge is 0.416 e. The number of alkyl halides is 3. The summed E-state index contributed by atoms with van der Waals surface area (Å²) in [4.78, 5) is 16.4. The minimum atomic E-state index is -4.48. The van der Waals surface area contributed by atoms with Gasteiger partial charge in [0, 0.05) is 0 Å². The molecule has 3 nitrogen and oxygen atoms in total. The SMILES string of the molecule is O=C(CSc1nc2ccccc2s1)Nc1ccc(C(F)(F)F)cc1Cl. The van der Waals surface area contributed by atoms with Gasteiger partial charge in [0.25, 0.3) is 0 Å².